The topological polar surface area (TPSA) is 269 Å². The summed E-state index contributed by atoms with van der Waals surface area (Å²) in [6, 6.07) is 26.6. The van der Waals surface area contributed by atoms with E-state index in [-0.39, 0.29) is 53.1 Å². The van der Waals surface area contributed by atoms with Gasteiger partial charge in [-0.25, -0.2) is 18.2 Å². The third kappa shape index (κ3) is 25.0. The van der Waals surface area contributed by atoms with Crippen molar-refractivity contribution in [2.75, 3.05) is 168 Å². The Morgan fingerprint density at radius 3 is 1.37 bits per heavy atom. The lowest BCUT2D eigenvalue weighted by atomic mass is 9.75. The number of furan rings is 1. The van der Waals surface area contributed by atoms with Crippen molar-refractivity contribution in [3.8, 4) is 5.75 Å². The normalized spacial score (nSPS) is 29.2. The zero-order valence-electron chi connectivity index (χ0n) is 65.3. The van der Waals surface area contributed by atoms with Gasteiger partial charge in [0, 0.05) is 129 Å². The van der Waals surface area contributed by atoms with Crippen molar-refractivity contribution in [2.24, 2.45) is 99.1 Å². The van der Waals surface area contributed by atoms with Gasteiger partial charge < -0.3 is 94.2 Å². The second-order valence-electron chi connectivity index (χ2n) is 33.5. The van der Waals surface area contributed by atoms with E-state index in [0.717, 1.165) is 124 Å². The molecule has 23 heteroatoms. The van der Waals surface area contributed by atoms with E-state index in [1.807, 2.05) is 67.0 Å². The highest BCUT2D eigenvalue weighted by molar-refractivity contribution is 7.09. The smallest absolute Gasteiger partial charge is 0.130 e. The Morgan fingerprint density at radius 2 is 0.952 bits per heavy atom. The number of aromatic nitrogens is 1. The number of halogens is 3. The molecule has 11 fully saturated rings. The van der Waals surface area contributed by atoms with Gasteiger partial charge in [-0.05, 0) is 263 Å². The summed E-state index contributed by atoms with van der Waals surface area (Å²) in [5.74, 6) is 5.86. The predicted octanol–water partition coefficient (Wildman–Crippen LogP) is 9.40. The third-order valence-corrected chi connectivity index (χ3v) is 25.9. The highest BCUT2D eigenvalue weighted by atomic mass is 32.1. The number of benzene rings is 3. The molecule has 0 radical (unpaired) electrons. The van der Waals surface area contributed by atoms with Crippen molar-refractivity contribution in [3.05, 3.63) is 142 Å². The standard InChI is InChI=1S/C13H20N2O.C12H16F2N2.C12H18N2.C10H16N2O.C10H20N2.C9H15N3S.C8H15FN2.C8H16N2/c1-15-8-7-10(9-15)13(14)11-5-3-4-6-12(11)16-2;1-16-5-4-8(7-16)12(15)10-3-2-9(13)6-11(10)14;1-14-8-7-11(9-14)12(13)10-5-3-2-4-6-10;1-12-5-4-8(7-12)10(11)9-3-2-6-13-9;1-12-6-5-9(7-12)10(11)8-3-2-4-8;1-12-4-2-7(6-12)8(10)9-11-3-5-13-9;1-11-4-6(7(9)5-11)8(10)2-3-8;1-10-5-2-7(6-10)8(9)3-4-8/h3-6,10,13H,7-9,14H2,1-2H3;2-3,6,8,12H,4-5,7,15H2,1H3;2-6,11-12H,7-9,13H2,1H3;2-3,6,8,10H,4-5,7,11H2,1H3;8-10H,2-7,11H2,1H3;3,5,7-8H,2,4,6,10H2,1H3;6-7H,2-5,10H2,1H3;7H,2-6,9H2,1H3. The molecule has 3 aliphatic carbocycles. The molecule has 3 saturated carbocycles. The quantitative estimate of drug-likeness (QED) is 0.0485. The second kappa shape index (κ2) is 40.5. The van der Waals surface area contributed by atoms with Gasteiger partial charge in [0.25, 0.3) is 0 Å². The molecule has 3 aromatic carbocycles. The maximum absolute atomic E-state index is 13.5. The van der Waals surface area contributed by atoms with Gasteiger partial charge in [-0.2, -0.15) is 0 Å². The van der Waals surface area contributed by atoms with Gasteiger partial charge in [0.1, 0.15) is 34.3 Å². The minimum Gasteiger partial charge on any atom is -0.496 e. The molecule has 0 bridgehead atoms. The number of nitrogens with zero attached hydrogens (tertiary/aromatic N) is 9. The first-order valence-electron chi connectivity index (χ1n) is 39.5. The first-order valence-corrected chi connectivity index (χ1v) is 40.4. The lowest BCUT2D eigenvalue weighted by Crippen LogP contribution is -2.41. The number of para-hydroxylation sites is 1. The van der Waals surface area contributed by atoms with Gasteiger partial charge in [0.05, 0.1) is 25.5 Å². The van der Waals surface area contributed by atoms with Gasteiger partial charge in [-0.1, -0.05) is 61.0 Å². The Hall–Kier alpha value is -4.48. The number of thiazole rings is 1. The fourth-order valence-corrected chi connectivity index (χ4v) is 18.0. The molecule has 15 unspecified atom stereocenters. The molecule has 11 aliphatic rings. The number of hydrogen-bond donors (Lipinski definition) is 8. The monoisotopic (exact) mass is 1480 g/mol. The molecule has 10 heterocycles. The van der Waals surface area contributed by atoms with E-state index in [1.54, 1.807) is 24.7 Å². The van der Waals surface area contributed by atoms with Crippen LogP contribution in [-0.4, -0.2) is 236 Å². The maximum Gasteiger partial charge on any atom is 0.130 e. The Balaban J connectivity index is 0.000000139. The van der Waals surface area contributed by atoms with E-state index in [4.69, 9.17) is 55.0 Å². The highest BCUT2D eigenvalue weighted by Gasteiger charge is 2.52. The lowest BCUT2D eigenvalue weighted by molar-refractivity contribution is 0.208. The van der Waals surface area contributed by atoms with E-state index in [1.165, 1.54) is 128 Å². The summed E-state index contributed by atoms with van der Waals surface area (Å²) in [5.41, 5.74) is 52.0. The molecular formula is C82H136F3N17O2S. The third-order valence-electron chi connectivity index (χ3n) is 25.0. The van der Waals surface area contributed by atoms with Crippen LogP contribution in [0.25, 0.3) is 0 Å². The van der Waals surface area contributed by atoms with E-state index >= 15 is 0 Å². The molecular weight excluding hydrogens is 1340 g/mol. The van der Waals surface area contributed by atoms with Crippen LogP contribution in [-0.2, 0) is 0 Å². The van der Waals surface area contributed by atoms with E-state index in [0.29, 0.717) is 41.8 Å². The molecule has 19 nitrogen and oxygen atoms in total. The molecule has 8 saturated heterocycles. The van der Waals surface area contributed by atoms with Crippen molar-refractivity contribution in [1.29, 1.82) is 0 Å². The first-order chi connectivity index (χ1) is 50.2. The maximum atomic E-state index is 13.5. The Kier molecular flexibility index (Phi) is 32.6. The number of ether oxygens (including phenoxy) is 1. The SMILES string of the molecule is CN1CC(F)C(C2(N)CC2)C1.CN1CCC(C(N)C2CCC2)C1.CN1CCC(C(N)c2ccc(F)cc2F)C1.CN1CCC(C(N)c2ccccc2)C1.CN1CCC(C(N)c2ccco2)C1.CN1CCC(C(N)c2nccs2)C1.CN1CCC(C2(N)CC2)C1.COc1ccccc1C(N)C1CCN(C)C1. The van der Waals surface area contributed by atoms with Crippen LogP contribution in [0.5, 0.6) is 5.75 Å². The van der Waals surface area contributed by atoms with E-state index in [9.17, 15) is 13.2 Å². The summed E-state index contributed by atoms with van der Waals surface area (Å²) >= 11 is 1.66. The molecule has 8 aliphatic heterocycles. The van der Waals surface area contributed by atoms with Crippen LogP contribution in [0, 0.1) is 64.9 Å². The molecule has 5 aromatic rings. The molecule has 588 valence electrons. The van der Waals surface area contributed by atoms with Crippen molar-refractivity contribution in [1.82, 2.24) is 44.2 Å². The van der Waals surface area contributed by atoms with Gasteiger partial charge in [-0.3, -0.25) is 0 Å². The second-order valence-corrected chi connectivity index (χ2v) is 34.5. The van der Waals surface area contributed by atoms with Gasteiger partial charge in [0.15, 0.2) is 0 Å². The number of alkyl halides is 1. The highest BCUT2D eigenvalue weighted by Crippen LogP contribution is 2.45. The Morgan fingerprint density at radius 1 is 0.476 bits per heavy atom. The fourth-order valence-electron chi connectivity index (χ4n) is 17.3. The van der Waals surface area contributed by atoms with Crippen LogP contribution < -0.4 is 50.6 Å². The average molecular weight is 1480 g/mol. The summed E-state index contributed by atoms with van der Waals surface area (Å²) < 4.78 is 50.2. The minimum atomic E-state index is -0.688. The lowest BCUT2D eigenvalue weighted by Gasteiger charge is -2.34. The zero-order chi connectivity index (χ0) is 75.5. The zero-order valence-corrected chi connectivity index (χ0v) is 66.1. The molecule has 0 amide bonds. The van der Waals surface area contributed by atoms with Crippen molar-refractivity contribution >= 4 is 11.3 Å². The number of hydrogen-bond acceptors (Lipinski definition) is 20. The van der Waals surface area contributed by atoms with Crippen molar-refractivity contribution in [3.63, 3.8) is 0 Å². The summed E-state index contributed by atoms with van der Waals surface area (Å²) in [4.78, 5) is 22.6. The molecule has 105 heavy (non-hydrogen) atoms. The molecule has 16 rings (SSSR count). The predicted molar refractivity (Wildman–Crippen MR) is 424 cm³/mol. The van der Waals surface area contributed by atoms with Crippen molar-refractivity contribution in [2.45, 2.75) is 143 Å². The fraction of sp³-hybridized carbons (Fsp3) is 0.695. The summed E-state index contributed by atoms with van der Waals surface area (Å²) in [5, 5.41) is 3.08. The van der Waals surface area contributed by atoms with Gasteiger partial charge in [-0.15, -0.1) is 11.3 Å². The number of rotatable bonds is 15. The Bertz CT molecular complexity index is 3210. The van der Waals surface area contributed by atoms with Crippen LogP contribution in [0.4, 0.5) is 13.2 Å². The number of nitrogens with two attached hydrogens (primary N) is 8. The van der Waals surface area contributed by atoms with E-state index < -0.39 is 17.8 Å². The minimum absolute atomic E-state index is 0.0694. The molecule has 2 aromatic heterocycles. The molecule has 16 N–H and O–H groups in total. The van der Waals surface area contributed by atoms with Crippen LogP contribution in [0.3, 0.4) is 0 Å². The van der Waals surface area contributed by atoms with Crippen LogP contribution in [0.15, 0.2) is 107 Å². The van der Waals surface area contributed by atoms with Crippen LogP contribution in [0.2, 0.25) is 0 Å². The van der Waals surface area contributed by atoms with Crippen LogP contribution >= 0.6 is 11.3 Å². The first kappa shape index (κ1) is 84.5. The summed E-state index contributed by atoms with van der Waals surface area (Å²) in [7, 11) is 18.7. The van der Waals surface area contributed by atoms with Crippen molar-refractivity contribution < 1.29 is 22.3 Å². The summed E-state index contributed by atoms with van der Waals surface area (Å²) in [6.45, 7) is 17.3. The van der Waals surface area contributed by atoms with Gasteiger partial charge >= 0.3 is 0 Å². The Labute approximate surface area is 633 Å². The summed E-state index contributed by atoms with van der Waals surface area (Å²) in [6.07, 6.45) is 20.0. The molecule has 15 atom stereocenters. The molecule has 0 spiro atoms. The van der Waals surface area contributed by atoms with Crippen LogP contribution in [0.1, 0.15) is 148 Å². The number of methoxy groups -OCH3 is 1. The van der Waals surface area contributed by atoms with E-state index in [2.05, 4.69) is 112 Å². The largest absolute Gasteiger partial charge is 0.496 e. The average Bonchev–Trinajstić information content (AvgIpc) is 1.63. The van der Waals surface area contributed by atoms with Gasteiger partial charge in [0.2, 0.25) is 0 Å². The number of likely N-dealkylation sites (tertiary alicyclic amines) is 8.